The average Bonchev–Trinajstić information content (AvgIpc) is 2.75. The second-order valence-corrected chi connectivity index (χ2v) is 5.55. The zero-order valence-electron chi connectivity index (χ0n) is 14.7. The fourth-order valence-electron chi connectivity index (χ4n) is 2.14. The molecule has 1 aromatic carbocycles. The van der Waals surface area contributed by atoms with Gasteiger partial charge in [0.1, 0.15) is 0 Å². The lowest BCUT2D eigenvalue weighted by Gasteiger charge is -2.02. The van der Waals surface area contributed by atoms with E-state index in [9.17, 15) is 9.59 Å². The molecule has 0 aliphatic heterocycles. The van der Waals surface area contributed by atoms with Gasteiger partial charge in [-0.2, -0.15) is 10.2 Å². The summed E-state index contributed by atoms with van der Waals surface area (Å²) in [6.07, 6.45) is 9.54. The number of pyridine rings is 2. The van der Waals surface area contributed by atoms with E-state index >= 15 is 0 Å². The lowest BCUT2D eigenvalue weighted by molar-refractivity contribution is 0.0943. The van der Waals surface area contributed by atoms with E-state index in [0.717, 1.165) is 11.1 Å². The third-order valence-electron chi connectivity index (χ3n) is 3.54. The predicted octanol–water partition coefficient (Wildman–Crippen LogP) is 2.00. The van der Waals surface area contributed by atoms with Crippen LogP contribution in [0.5, 0.6) is 0 Å². The van der Waals surface area contributed by atoms with Crippen LogP contribution in [0.25, 0.3) is 0 Å². The van der Waals surface area contributed by atoms with Gasteiger partial charge in [0, 0.05) is 47.0 Å². The number of aromatic nitrogens is 2. The van der Waals surface area contributed by atoms with Crippen LogP contribution < -0.4 is 10.9 Å². The monoisotopic (exact) mass is 372 g/mol. The van der Waals surface area contributed by atoms with Crippen molar-refractivity contribution in [1.29, 1.82) is 0 Å². The van der Waals surface area contributed by atoms with Crippen molar-refractivity contribution in [2.75, 3.05) is 0 Å². The molecule has 0 spiro atoms. The summed E-state index contributed by atoms with van der Waals surface area (Å²) in [5.41, 5.74) is 7.12. The van der Waals surface area contributed by atoms with Crippen LogP contribution in [-0.2, 0) is 0 Å². The maximum Gasteiger partial charge on any atom is 0.271 e. The van der Waals surface area contributed by atoms with Crippen LogP contribution in [0.3, 0.4) is 0 Å². The van der Waals surface area contributed by atoms with Gasteiger partial charge in [-0.1, -0.05) is 12.1 Å². The second-order valence-electron chi connectivity index (χ2n) is 5.55. The van der Waals surface area contributed by atoms with Gasteiger partial charge < -0.3 is 0 Å². The van der Waals surface area contributed by atoms with E-state index in [1.54, 1.807) is 36.9 Å². The van der Waals surface area contributed by atoms with Crippen molar-refractivity contribution in [3.05, 3.63) is 95.6 Å². The number of nitrogens with one attached hydrogen (secondary N) is 2. The second kappa shape index (κ2) is 9.48. The van der Waals surface area contributed by atoms with E-state index in [1.807, 2.05) is 12.1 Å². The molecule has 0 saturated heterocycles. The van der Waals surface area contributed by atoms with Crippen molar-refractivity contribution in [3.8, 4) is 0 Å². The lowest BCUT2D eigenvalue weighted by atomic mass is 10.1. The van der Waals surface area contributed by atoms with Crippen molar-refractivity contribution in [1.82, 2.24) is 20.8 Å². The van der Waals surface area contributed by atoms with Gasteiger partial charge in [0.2, 0.25) is 0 Å². The molecule has 0 atom stereocenters. The Morgan fingerprint density at radius 1 is 0.714 bits per heavy atom. The molecule has 0 fully saturated rings. The molecule has 2 aromatic heterocycles. The highest BCUT2D eigenvalue weighted by Crippen LogP contribution is 2.05. The third-order valence-corrected chi connectivity index (χ3v) is 3.54. The Kier molecular flexibility index (Phi) is 6.30. The Balaban J connectivity index is 1.53. The Morgan fingerprint density at radius 2 is 1.14 bits per heavy atom. The summed E-state index contributed by atoms with van der Waals surface area (Å²) in [7, 11) is 0. The van der Waals surface area contributed by atoms with E-state index in [4.69, 9.17) is 0 Å². The van der Waals surface area contributed by atoms with Crippen LogP contribution in [-0.4, -0.2) is 34.2 Å². The SMILES string of the molecule is O=C(N/N=C\c1cccnc1)c1ccc(C(=O)N/N=C\c2cccnc2)cc1. The molecule has 138 valence electrons. The zero-order valence-corrected chi connectivity index (χ0v) is 14.7. The molecule has 3 aromatic rings. The van der Waals surface area contributed by atoms with E-state index in [-0.39, 0.29) is 11.8 Å². The normalized spacial score (nSPS) is 10.9. The van der Waals surface area contributed by atoms with E-state index in [1.165, 1.54) is 36.7 Å². The first kappa shape index (κ1) is 18.6. The van der Waals surface area contributed by atoms with Crippen LogP contribution in [0.1, 0.15) is 31.8 Å². The van der Waals surface area contributed by atoms with E-state index in [2.05, 4.69) is 31.0 Å². The fraction of sp³-hybridized carbons (Fsp3) is 0. The van der Waals surface area contributed by atoms with Crippen molar-refractivity contribution in [2.45, 2.75) is 0 Å². The molecule has 28 heavy (non-hydrogen) atoms. The van der Waals surface area contributed by atoms with E-state index in [0.29, 0.717) is 11.1 Å². The minimum absolute atomic E-state index is 0.374. The molecule has 0 radical (unpaired) electrons. The molecule has 2 N–H and O–H groups in total. The highest BCUT2D eigenvalue weighted by Gasteiger charge is 2.07. The van der Waals surface area contributed by atoms with E-state index < -0.39 is 0 Å². The first-order valence-electron chi connectivity index (χ1n) is 8.29. The summed E-state index contributed by atoms with van der Waals surface area (Å²) in [6, 6.07) is 13.3. The minimum Gasteiger partial charge on any atom is -0.267 e. The molecule has 8 heteroatoms. The van der Waals surface area contributed by atoms with Crippen LogP contribution in [0.15, 0.2) is 83.5 Å². The van der Waals surface area contributed by atoms with Gasteiger partial charge in [0.15, 0.2) is 0 Å². The van der Waals surface area contributed by atoms with Crippen molar-refractivity contribution >= 4 is 24.2 Å². The first-order chi connectivity index (χ1) is 13.7. The Labute approximate surface area is 161 Å². The van der Waals surface area contributed by atoms with Gasteiger partial charge in [0.25, 0.3) is 11.8 Å². The van der Waals surface area contributed by atoms with Gasteiger partial charge in [-0.25, -0.2) is 10.9 Å². The molecule has 3 rings (SSSR count). The van der Waals surface area contributed by atoms with Crippen LogP contribution in [0.4, 0.5) is 0 Å². The molecule has 0 aliphatic carbocycles. The van der Waals surface area contributed by atoms with Gasteiger partial charge in [-0.05, 0) is 36.4 Å². The number of hydrogen-bond donors (Lipinski definition) is 2. The topological polar surface area (TPSA) is 109 Å². The maximum absolute atomic E-state index is 12.1. The van der Waals surface area contributed by atoms with Crippen molar-refractivity contribution in [3.63, 3.8) is 0 Å². The number of nitrogens with zero attached hydrogens (tertiary/aromatic N) is 4. The highest BCUT2D eigenvalue weighted by atomic mass is 16.2. The standard InChI is InChI=1S/C20H16N6O2/c27-19(25-23-13-15-3-1-9-21-11-15)17-5-7-18(8-6-17)20(28)26-24-14-16-4-2-10-22-12-16/h1-14H,(H,25,27)(H,26,28)/b23-13-,24-14-. The lowest BCUT2D eigenvalue weighted by Crippen LogP contribution is -2.19. The summed E-state index contributed by atoms with van der Waals surface area (Å²) in [6.45, 7) is 0. The molecular formula is C20H16N6O2. The molecule has 8 nitrogen and oxygen atoms in total. The fourth-order valence-corrected chi connectivity index (χ4v) is 2.14. The summed E-state index contributed by atoms with van der Waals surface area (Å²) < 4.78 is 0. The highest BCUT2D eigenvalue weighted by molar-refractivity contribution is 5.98. The van der Waals surface area contributed by atoms with Gasteiger partial charge in [-0.3, -0.25) is 19.6 Å². The largest absolute Gasteiger partial charge is 0.271 e. The molecule has 2 amide bonds. The van der Waals surface area contributed by atoms with Crippen LogP contribution in [0.2, 0.25) is 0 Å². The summed E-state index contributed by atoms with van der Waals surface area (Å²) in [4.78, 5) is 32.0. The molecular weight excluding hydrogens is 356 g/mol. The minimum atomic E-state index is -0.387. The maximum atomic E-state index is 12.1. The molecule has 0 unspecified atom stereocenters. The average molecular weight is 372 g/mol. The summed E-state index contributed by atoms with van der Waals surface area (Å²) in [5.74, 6) is -0.775. The Bertz CT molecular complexity index is 904. The smallest absolute Gasteiger partial charge is 0.267 e. The van der Waals surface area contributed by atoms with Crippen molar-refractivity contribution in [2.24, 2.45) is 10.2 Å². The number of rotatable bonds is 6. The van der Waals surface area contributed by atoms with Crippen LogP contribution >= 0.6 is 0 Å². The van der Waals surface area contributed by atoms with Gasteiger partial charge in [-0.15, -0.1) is 0 Å². The number of hydrazone groups is 2. The first-order valence-corrected chi connectivity index (χ1v) is 8.29. The predicted molar refractivity (Wildman–Crippen MR) is 105 cm³/mol. The third kappa shape index (κ3) is 5.40. The number of hydrogen-bond acceptors (Lipinski definition) is 6. The number of carbonyl (C=O) groups is 2. The Morgan fingerprint density at radius 3 is 1.50 bits per heavy atom. The molecule has 2 heterocycles. The van der Waals surface area contributed by atoms with Gasteiger partial charge in [0.05, 0.1) is 12.4 Å². The summed E-state index contributed by atoms with van der Waals surface area (Å²) in [5, 5.41) is 7.75. The quantitative estimate of drug-likeness (QED) is 0.509. The summed E-state index contributed by atoms with van der Waals surface area (Å²) >= 11 is 0. The number of benzene rings is 1. The van der Waals surface area contributed by atoms with Gasteiger partial charge >= 0.3 is 0 Å². The van der Waals surface area contributed by atoms with Crippen LogP contribution in [0, 0.1) is 0 Å². The molecule has 0 saturated carbocycles. The van der Waals surface area contributed by atoms with Crippen molar-refractivity contribution < 1.29 is 9.59 Å². The molecule has 0 bridgehead atoms. The number of carbonyl (C=O) groups excluding carboxylic acids is 2. The zero-order chi connectivity index (χ0) is 19.6. The Hall–Kier alpha value is -4.20. The number of amides is 2. The molecule has 0 aliphatic rings.